The minimum Gasteiger partial charge on any atom is -0.481 e. The summed E-state index contributed by atoms with van der Waals surface area (Å²) in [5.41, 5.74) is 0.943. The first-order valence-corrected chi connectivity index (χ1v) is 7.45. The van der Waals surface area contributed by atoms with Crippen molar-refractivity contribution in [3.63, 3.8) is 0 Å². The fourth-order valence-electron chi connectivity index (χ4n) is 2.46. The van der Waals surface area contributed by atoms with Crippen molar-refractivity contribution in [1.82, 2.24) is 10.2 Å². The SMILES string of the molecule is CCN(C(=O)NC(CCC(=O)O)c1ccccc1)C1CC1. The van der Waals surface area contributed by atoms with E-state index >= 15 is 0 Å². The molecule has 0 heterocycles. The van der Waals surface area contributed by atoms with E-state index in [1.165, 1.54) is 0 Å². The molecule has 21 heavy (non-hydrogen) atoms. The Bertz CT molecular complexity index is 486. The van der Waals surface area contributed by atoms with E-state index in [2.05, 4.69) is 5.32 Å². The quantitative estimate of drug-likeness (QED) is 0.811. The smallest absolute Gasteiger partial charge is 0.318 e. The molecule has 0 bridgehead atoms. The first-order chi connectivity index (χ1) is 10.1. The predicted molar refractivity (Wildman–Crippen MR) is 80.0 cm³/mol. The number of hydrogen-bond acceptors (Lipinski definition) is 2. The summed E-state index contributed by atoms with van der Waals surface area (Å²) < 4.78 is 0. The van der Waals surface area contributed by atoms with Crippen molar-refractivity contribution >= 4 is 12.0 Å². The Morgan fingerprint density at radius 1 is 1.33 bits per heavy atom. The zero-order chi connectivity index (χ0) is 15.2. The average Bonchev–Trinajstić information content (AvgIpc) is 3.29. The van der Waals surface area contributed by atoms with Gasteiger partial charge in [0.05, 0.1) is 6.04 Å². The Balaban J connectivity index is 2.04. The van der Waals surface area contributed by atoms with Gasteiger partial charge in [-0.3, -0.25) is 4.79 Å². The van der Waals surface area contributed by atoms with Gasteiger partial charge in [-0.15, -0.1) is 0 Å². The molecule has 114 valence electrons. The maximum absolute atomic E-state index is 12.4. The van der Waals surface area contributed by atoms with E-state index in [0.717, 1.165) is 18.4 Å². The molecule has 1 unspecified atom stereocenters. The molecule has 1 aromatic rings. The Morgan fingerprint density at radius 2 is 2.00 bits per heavy atom. The highest BCUT2D eigenvalue weighted by atomic mass is 16.4. The van der Waals surface area contributed by atoms with Crippen molar-refractivity contribution in [1.29, 1.82) is 0 Å². The van der Waals surface area contributed by atoms with Gasteiger partial charge in [0.2, 0.25) is 0 Å². The predicted octanol–water partition coefficient (Wildman–Crippen LogP) is 2.79. The average molecular weight is 290 g/mol. The maximum Gasteiger partial charge on any atom is 0.318 e. The van der Waals surface area contributed by atoms with Crippen LogP contribution in [0.2, 0.25) is 0 Å². The number of carboxylic acids is 1. The molecule has 5 heteroatoms. The molecule has 1 aliphatic rings. The van der Waals surface area contributed by atoms with Crippen LogP contribution in [0.15, 0.2) is 30.3 Å². The highest BCUT2D eigenvalue weighted by molar-refractivity contribution is 5.75. The van der Waals surface area contributed by atoms with Crippen LogP contribution in [0, 0.1) is 0 Å². The van der Waals surface area contributed by atoms with Crippen LogP contribution in [0.5, 0.6) is 0 Å². The summed E-state index contributed by atoms with van der Waals surface area (Å²) in [7, 11) is 0. The molecule has 0 spiro atoms. The Labute approximate surface area is 125 Å². The number of rotatable bonds is 7. The first-order valence-electron chi connectivity index (χ1n) is 7.45. The van der Waals surface area contributed by atoms with E-state index in [0.29, 0.717) is 19.0 Å². The van der Waals surface area contributed by atoms with E-state index in [1.54, 1.807) is 0 Å². The van der Waals surface area contributed by atoms with Crippen LogP contribution >= 0.6 is 0 Å². The fraction of sp³-hybridized carbons (Fsp3) is 0.500. The molecule has 1 fully saturated rings. The lowest BCUT2D eigenvalue weighted by Crippen LogP contribution is -2.42. The number of nitrogens with one attached hydrogen (secondary N) is 1. The number of amides is 2. The third kappa shape index (κ3) is 4.48. The minimum absolute atomic E-state index is 0.0371. The molecule has 2 amide bonds. The van der Waals surface area contributed by atoms with Crippen LogP contribution in [-0.4, -0.2) is 34.6 Å². The summed E-state index contributed by atoms with van der Waals surface area (Å²) in [5, 5.41) is 11.9. The molecule has 0 radical (unpaired) electrons. The van der Waals surface area contributed by atoms with Crippen molar-refractivity contribution in [2.24, 2.45) is 0 Å². The molecule has 0 saturated heterocycles. The van der Waals surface area contributed by atoms with Crippen molar-refractivity contribution in [3.05, 3.63) is 35.9 Å². The molecule has 1 atom stereocenters. The van der Waals surface area contributed by atoms with Crippen LogP contribution in [0.4, 0.5) is 4.79 Å². The largest absolute Gasteiger partial charge is 0.481 e. The molecule has 0 aliphatic heterocycles. The van der Waals surface area contributed by atoms with Crippen LogP contribution in [0.25, 0.3) is 0 Å². The number of nitrogens with zero attached hydrogens (tertiary/aromatic N) is 1. The van der Waals surface area contributed by atoms with E-state index in [-0.39, 0.29) is 18.5 Å². The zero-order valence-electron chi connectivity index (χ0n) is 12.3. The van der Waals surface area contributed by atoms with Gasteiger partial charge in [-0.1, -0.05) is 30.3 Å². The molecule has 2 rings (SSSR count). The van der Waals surface area contributed by atoms with E-state index in [1.807, 2.05) is 42.2 Å². The van der Waals surface area contributed by atoms with E-state index in [9.17, 15) is 9.59 Å². The number of carboxylic acid groups (broad SMARTS) is 1. The van der Waals surface area contributed by atoms with Crippen molar-refractivity contribution in [2.45, 2.75) is 44.7 Å². The van der Waals surface area contributed by atoms with Gasteiger partial charge >= 0.3 is 12.0 Å². The summed E-state index contributed by atoms with van der Waals surface area (Å²) in [4.78, 5) is 25.0. The van der Waals surface area contributed by atoms with Gasteiger partial charge in [0, 0.05) is 19.0 Å². The number of hydrogen-bond donors (Lipinski definition) is 2. The Hall–Kier alpha value is -2.04. The molecule has 5 nitrogen and oxygen atoms in total. The third-order valence-corrected chi connectivity index (χ3v) is 3.74. The lowest BCUT2D eigenvalue weighted by molar-refractivity contribution is -0.137. The molecule has 1 aromatic carbocycles. The van der Waals surface area contributed by atoms with Gasteiger partial charge in [-0.2, -0.15) is 0 Å². The summed E-state index contributed by atoms with van der Waals surface area (Å²) in [5.74, 6) is -0.847. The molecule has 2 N–H and O–H groups in total. The number of aliphatic carboxylic acids is 1. The van der Waals surface area contributed by atoms with Gasteiger partial charge in [0.15, 0.2) is 0 Å². The van der Waals surface area contributed by atoms with Crippen LogP contribution in [0.1, 0.15) is 44.2 Å². The highest BCUT2D eigenvalue weighted by Gasteiger charge is 2.32. The molecular weight excluding hydrogens is 268 g/mol. The van der Waals surface area contributed by atoms with Gasteiger partial charge in [-0.25, -0.2) is 4.79 Å². The number of urea groups is 1. The van der Waals surface area contributed by atoms with E-state index < -0.39 is 5.97 Å². The van der Waals surface area contributed by atoms with Crippen molar-refractivity contribution in [2.75, 3.05) is 6.54 Å². The summed E-state index contributed by atoms with van der Waals surface area (Å²) in [6.45, 7) is 2.64. The Kier molecular flexibility index (Phi) is 5.20. The number of carbonyl (C=O) groups is 2. The maximum atomic E-state index is 12.4. The number of benzene rings is 1. The summed E-state index contributed by atoms with van der Waals surface area (Å²) in [6, 6.07) is 9.53. The lowest BCUT2D eigenvalue weighted by Gasteiger charge is -2.25. The van der Waals surface area contributed by atoms with Gasteiger partial charge < -0.3 is 15.3 Å². The first kappa shape index (κ1) is 15.4. The monoisotopic (exact) mass is 290 g/mol. The van der Waals surface area contributed by atoms with Gasteiger partial charge in [0.25, 0.3) is 0 Å². The van der Waals surface area contributed by atoms with Crippen molar-refractivity contribution in [3.8, 4) is 0 Å². The van der Waals surface area contributed by atoms with Crippen LogP contribution < -0.4 is 5.32 Å². The summed E-state index contributed by atoms with van der Waals surface area (Å²) in [6.07, 6.45) is 2.56. The zero-order valence-corrected chi connectivity index (χ0v) is 12.3. The molecule has 0 aromatic heterocycles. The second-order valence-corrected chi connectivity index (χ2v) is 5.36. The van der Waals surface area contributed by atoms with Gasteiger partial charge in [0.1, 0.15) is 0 Å². The van der Waals surface area contributed by atoms with E-state index in [4.69, 9.17) is 5.11 Å². The number of carbonyl (C=O) groups excluding carboxylic acids is 1. The van der Waals surface area contributed by atoms with Crippen molar-refractivity contribution < 1.29 is 14.7 Å². The highest BCUT2D eigenvalue weighted by Crippen LogP contribution is 2.27. The topological polar surface area (TPSA) is 69.6 Å². The fourth-order valence-corrected chi connectivity index (χ4v) is 2.46. The third-order valence-electron chi connectivity index (χ3n) is 3.74. The second-order valence-electron chi connectivity index (χ2n) is 5.36. The normalized spacial score (nSPS) is 15.3. The minimum atomic E-state index is -0.847. The van der Waals surface area contributed by atoms with Crippen LogP contribution in [-0.2, 0) is 4.79 Å². The molecule has 1 aliphatic carbocycles. The molecular formula is C16H22N2O3. The Morgan fingerprint density at radius 3 is 2.52 bits per heavy atom. The van der Waals surface area contributed by atoms with Crippen LogP contribution in [0.3, 0.4) is 0 Å². The lowest BCUT2D eigenvalue weighted by atomic mass is 10.0. The summed E-state index contributed by atoms with van der Waals surface area (Å²) >= 11 is 0. The van der Waals surface area contributed by atoms with Gasteiger partial charge in [-0.05, 0) is 31.7 Å². The standard InChI is InChI=1S/C16H22N2O3/c1-2-18(13-8-9-13)16(21)17-14(10-11-15(19)20)12-6-4-3-5-7-12/h3-7,13-14H,2,8-11H2,1H3,(H,17,21)(H,19,20). The molecule has 1 saturated carbocycles. The second kappa shape index (κ2) is 7.11.